The molecule has 0 aromatic carbocycles. The van der Waals surface area contributed by atoms with Gasteiger partial charge in [-0.3, -0.25) is 0 Å². The van der Waals surface area contributed by atoms with Crippen molar-refractivity contribution in [2.75, 3.05) is 23.0 Å². The van der Waals surface area contributed by atoms with Crippen LogP contribution in [0.5, 0.6) is 0 Å². The van der Waals surface area contributed by atoms with Crippen LogP contribution in [0.25, 0.3) is 0 Å². The van der Waals surface area contributed by atoms with Gasteiger partial charge in [0.05, 0.1) is 0 Å². The fourth-order valence-electron chi connectivity index (χ4n) is 2.15. The first-order valence-electron chi connectivity index (χ1n) is 8.02. The molecule has 0 spiro atoms. The fourth-order valence-corrected chi connectivity index (χ4v) is 41.0. The van der Waals surface area contributed by atoms with Gasteiger partial charge in [-0.25, -0.2) is 0 Å². The van der Waals surface area contributed by atoms with Crippen LogP contribution in [0.1, 0.15) is 0 Å². The average Bonchev–Trinajstić information content (AvgIpc) is 3.48. The summed E-state index contributed by atoms with van der Waals surface area (Å²) in [7, 11) is 0. The molecule has 0 saturated carbocycles. The Morgan fingerprint density at radius 1 is 0.429 bits per heavy atom. The van der Waals surface area contributed by atoms with E-state index in [1.54, 1.807) is 15.2 Å². The molecule has 0 atom stereocenters. The van der Waals surface area contributed by atoms with Gasteiger partial charge in [0.2, 0.25) is 0 Å². The average molecular weight is 964 g/mol. The van der Waals surface area contributed by atoms with E-state index in [9.17, 15) is 0 Å². The molecule has 5 rings (SSSR count). The minimum atomic E-state index is 0.686. The quantitative estimate of drug-likeness (QED) is 0.342. The molecule has 12 heteroatoms. The summed E-state index contributed by atoms with van der Waals surface area (Å²) in [4.78, 5) is 10.5. The predicted octanol–water partition coefficient (Wildman–Crippen LogP) is 2.07. The van der Waals surface area contributed by atoms with Crippen molar-refractivity contribution in [3.63, 3.8) is 0 Å². The zero-order valence-electron chi connectivity index (χ0n) is 14.0. The maximum atomic E-state index is 2.63. The van der Waals surface area contributed by atoms with E-state index in [0.29, 0.717) is 120 Å². The van der Waals surface area contributed by atoms with Crippen LogP contribution in [0, 0.1) is 0 Å². The van der Waals surface area contributed by atoms with Crippen molar-refractivity contribution >= 4 is 167 Å². The summed E-state index contributed by atoms with van der Waals surface area (Å²) in [5.74, 6) is 5.26. The van der Waals surface area contributed by atoms with Gasteiger partial charge in [-0.2, -0.15) is 0 Å². The van der Waals surface area contributed by atoms with Crippen LogP contribution in [0.2, 0.25) is 0 Å². The second kappa shape index (κ2) is 12.1. The number of hydrogen-bond donors (Lipinski definition) is 0. The molecule has 0 saturated heterocycles. The van der Waals surface area contributed by atoms with E-state index in [0.717, 1.165) is 0 Å². The molecule has 5 aliphatic rings. The monoisotopic (exact) mass is 971 g/mol. The molecule has 0 aliphatic carbocycles. The van der Waals surface area contributed by atoms with Gasteiger partial charge in [0.1, 0.15) is 0 Å². The summed E-state index contributed by atoms with van der Waals surface area (Å²) in [5.41, 5.74) is 0. The van der Waals surface area contributed by atoms with Crippen LogP contribution in [-0.2, 0) is 0 Å². The second-order valence-corrected chi connectivity index (χ2v) is 33.5. The molecule has 5 aliphatic heterocycles. The van der Waals surface area contributed by atoms with Crippen molar-refractivity contribution in [1.29, 1.82) is 0 Å². The van der Waals surface area contributed by atoms with Gasteiger partial charge >= 0.3 is 238 Å². The molecule has 0 fully saturated rings. The topological polar surface area (TPSA) is 0 Å². The maximum absolute atomic E-state index is 2.63. The molecule has 148 valence electrons. The summed E-state index contributed by atoms with van der Waals surface area (Å²) in [6.07, 6.45) is 0. The van der Waals surface area contributed by atoms with Gasteiger partial charge < -0.3 is 0 Å². The molecule has 8 bridgehead atoms. The van der Waals surface area contributed by atoms with Crippen LogP contribution < -0.4 is 0 Å². The SMILES string of the molecule is C1=C2SCCSC3=C[Se]/C(=C4/[Se]C=C(SCCSC5=C[Se]/C(=C(\[Se]1)[Se]2)[Se]5)[Se]4)[Se]3. The first-order valence-corrected chi connectivity index (χ1v) is 26.2. The Morgan fingerprint density at radius 2 is 0.679 bits per heavy atom. The third-order valence-corrected chi connectivity index (χ3v) is 41.6. The van der Waals surface area contributed by atoms with E-state index in [2.05, 4.69) is 66.9 Å². The van der Waals surface area contributed by atoms with E-state index in [-0.39, 0.29) is 0 Å². The number of thioether (sulfide) groups is 4. The van der Waals surface area contributed by atoms with Crippen molar-refractivity contribution in [3.05, 3.63) is 48.6 Å². The Morgan fingerprint density at radius 3 is 0.929 bits per heavy atom. The van der Waals surface area contributed by atoms with Gasteiger partial charge in [0.25, 0.3) is 0 Å². The third-order valence-electron chi connectivity index (χ3n) is 3.30. The Kier molecular flexibility index (Phi) is 10.3. The van der Waals surface area contributed by atoms with E-state index in [1.807, 2.05) is 13.5 Å². The molecule has 0 amide bonds. The molecular formula is C16H12S4Se8. The van der Waals surface area contributed by atoms with E-state index in [1.165, 1.54) is 23.0 Å². The zero-order chi connectivity index (χ0) is 18.8. The van der Waals surface area contributed by atoms with Gasteiger partial charge in [-0.05, 0) is 0 Å². The number of fused-ring (bicyclic) bond motifs is 8. The summed E-state index contributed by atoms with van der Waals surface area (Å²) in [6.45, 7) is 0. The van der Waals surface area contributed by atoms with Crippen LogP contribution in [-0.4, -0.2) is 143 Å². The van der Waals surface area contributed by atoms with Crippen molar-refractivity contribution in [1.82, 2.24) is 0 Å². The zero-order valence-corrected chi connectivity index (χ0v) is 31.0. The van der Waals surface area contributed by atoms with Crippen LogP contribution in [0.3, 0.4) is 0 Å². The number of rotatable bonds is 0. The minimum absolute atomic E-state index is 0.686. The molecule has 0 aromatic rings. The summed E-state index contributed by atoms with van der Waals surface area (Å²) < 4.78 is 14.7. The molecule has 0 radical (unpaired) electrons. The molecule has 28 heavy (non-hydrogen) atoms. The van der Waals surface area contributed by atoms with Gasteiger partial charge in [0.15, 0.2) is 0 Å². The first kappa shape index (κ1) is 23.7. The summed E-state index contributed by atoms with van der Waals surface area (Å²) >= 11 is 14.2. The fraction of sp³-hybridized carbons (Fsp3) is 0.250. The third kappa shape index (κ3) is 6.56. The summed E-state index contributed by atoms with van der Waals surface area (Å²) in [5, 5.41) is 0. The second-order valence-electron chi connectivity index (χ2n) is 5.17. The first-order chi connectivity index (χ1) is 13.8. The van der Waals surface area contributed by atoms with Crippen molar-refractivity contribution in [3.8, 4) is 0 Å². The van der Waals surface area contributed by atoms with Crippen molar-refractivity contribution in [2.24, 2.45) is 0 Å². The Balaban J connectivity index is 1.25. The van der Waals surface area contributed by atoms with Gasteiger partial charge in [-0.1, -0.05) is 0 Å². The van der Waals surface area contributed by atoms with E-state index in [4.69, 9.17) is 0 Å². The Bertz CT molecular complexity index is 719. The molecule has 5 heterocycles. The normalized spacial score (nSPS) is 31.4. The molecule has 0 nitrogen and oxygen atoms in total. The van der Waals surface area contributed by atoms with Crippen LogP contribution in [0.4, 0.5) is 0 Å². The molecular weight excluding hydrogens is 952 g/mol. The van der Waals surface area contributed by atoms with Gasteiger partial charge in [0, 0.05) is 0 Å². The van der Waals surface area contributed by atoms with Crippen LogP contribution >= 0.6 is 47.0 Å². The molecule has 0 aromatic heterocycles. The Labute approximate surface area is 234 Å². The number of hydrogen-bond acceptors (Lipinski definition) is 4. The standard InChI is InChI=1S/C16H12S4Se8/c1-2-18-10-6-22-15(26-10)16-24-8-12(28-16)20-4-3-19-11-7-23-14(27-11)13-21-5-9(17-1)25-13/h5-8H,1-4H2/b14-13-,16-15+. The molecule has 0 N–H and O–H groups in total. The summed E-state index contributed by atoms with van der Waals surface area (Å²) in [6, 6.07) is 0. The Hall–Kier alpha value is 4.00. The van der Waals surface area contributed by atoms with Gasteiger partial charge in [-0.15, -0.1) is 0 Å². The molecule has 0 unspecified atom stereocenters. The van der Waals surface area contributed by atoms with Crippen molar-refractivity contribution in [2.45, 2.75) is 0 Å². The van der Waals surface area contributed by atoms with Crippen molar-refractivity contribution < 1.29 is 0 Å². The van der Waals surface area contributed by atoms with Crippen LogP contribution in [0.15, 0.2) is 48.6 Å². The van der Waals surface area contributed by atoms with E-state index < -0.39 is 0 Å². The predicted molar refractivity (Wildman–Crippen MR) is 142 cm³/mol. The van der Waals surface area contributed by atoms with E-state index >= 15 is 0 Å².